The van der Waals surface area contributed by atoms with Gasteiger partial charge in [0.25, 0.3) is 6.47 Å². The Labute approximate surface area is 104 Å². The summed E-state index contributed by atoms with van der Waals surface area (Å²) in [4.78, 5) is 18.5. The van der Waals surface area contributed by atoms with Crippen molar-refractivity contribution in [3.63, 3.8) is 0 Å². The molecule has 0 spiro atoms. The summed E-state index contributed by atoms with van der Waals surface area (Å²) in [6.45, 7) is 0.808. The van der Waals surface area contributed by atoms with E-state index in [4.69, 9.17) is 15.0 Å². The molecule has 3 N–H and O–H groups in total. The molecule has 0 aliphatic carbocycles. The minimum atomic E-state index is -0.694. The molecule has 5 nitrogen and oxygen atoms in total. The Kier molecular flexibility index (Phi) is 19.1. The molecule has 0 atom stereocenters. The minimum absolute atomic E-state index is 0.250. The molecule has 96 valence electrons. The van der Waals surface area contributed by atoms with E-state index in [1.807, 2.05) is 17.8 Å². The highest BCUT2D eigenvalue weighted by molar-refractivity contribution is 8.76. The standard InChI is InChI=1S/C8H17NO2S2.CH2O2/c1-9-5-3-7-13-12-6-2-4-8(10)11;2-1-3/h9H,2-7H2,1H3,(H,10,11);1H,(H,2,3). The van der Waals surface area contributed by atoms with E-state index < -0.39 is 5.97 Å². The van der Waals surface area contributed by atoms with Crippen LogP contribution >= 0.6 is 21.6 Å². The van der Waals surface area contributed by atoms with Crippen molar-refractivity contribution in [1.82, 2.24) is 5.32 Å². The van der Waals surface area contributed by atoms with E-state index in [-0.39, 0.29) is 6.47 Å². The van der Waals surface area contributed by atoms with Gasteiger partial charge in [-0.25, -0.2) is 0 Å². The summed E-state index contributed by atoms with van der Waals surface area (Å²) >= 11 is 0. The predicted octanol–water partition coefficient (Wildman–Crippen LogP) is 1.54. The Morgan fingerprint density at radius 2 is 1.81 bits per heavy atom. The lowest BCUT2D eigenvalue weighted by Crippen LogP contribution is -2.07. The fourth-order valence-electron chi connectivity index (χ4n) is 0.708. The van der Waals surface area contributed by atoms with Gasteiger partial charge in [0.15, 0.2) is 0 Å². The lowest BCUT2D eigenvalue weighted by atomic mass is 10.3. The van der Waals surface area contributed by atoms with Gasteiger partial charge in [0.2, 0.25) is 0 Å². The van der Waals surface area contributed by atoms with E-state index in [1.54, 1.807) is 10.8 Å². The molecule has 0 heterocycles. The number of carboxylic acid groups (broad SMARTS) is 2. The lowest BCUT2D eigenvalue weighted by Gasteiger charge is -1.99. The van der Waals surface area contributed by atoms with Gasteiger partial charge in [0.05, 0.1) is 0 Å². The van der Waals surface area contributed by atoms with Gasteiger partial charge < -0.3 is 15.5 Å². The molecule has 0 radical (unpaired) electrons. The van der Waals surface area contributed by atoms with Crippen LogP contribution < -0.4 is 5.32 Å². The molecule has 0 saturated heterocycles. The summed E-state index contributed by atoms with van der Waals surface area (Å²) in [5.41, 5.74) is 0. The Morgan fingerprint density at radius 1 is 1.31 bits per heavy atom. The van der Waals surface area contributed by atoms with Crippen LogP contribution in [0, 0.1) is 0 Å². The number of hydrogen-bond donors (Lipinski definition) is 3. The average molecular weight is 269 g/mol. The zero-order valence-electron chi connectivity index (χ0n) is 9.35. The Morgan fingerprint density at radius 3 is 2.25 bits per heavy atom. The second-order valence-corrected chi connectivity index (χ2v) is 5.41. The van der Waals surface area contributed by atoms with Gasteiger partial charge in [-0.05, 0) is 26.4 Å². The highest BCUT2D eigenvalue weighted by Crippen LogP contribution is 2.22. The second kappa shape index (κ2) is 17.0. The van der Waals surface area contributed by atoms with Crippen molar-refractivity contribution in [2.75, 3.05) is 25.1 Å². The SMILES string of the molecule is CNCCCSSCCCC(=O)O.O=CO. The molecule has 0 saturated carbocycles. The number of carbonyl (C=O) groups is 2. The van der Waals surface area contributed by atoms with E-state index in [9.17, 15) is 4.79 Å². The first kappa shape index (κ1) is 18.0. The summed E-state index contributed by atoms with van der Waals surface area (Å²) in [5.74, 6) is 1.38. The Balaban J connectivity index is 0. The molecule has 0 rings (SSSR count). The first-order valence-electron chi connectivity index (χ1n) is 4.87. The molecule has 0 unspecified atom stereocenters. The van der Waals surface area contributed by atoms with E-state index in [1.165, 1.54) is 6.42 Å². The second-order valence-electron chi connectivity index (χ2n) is 2.70. The number of nitrogens with one attached hydrogen (secondary N) is 1. The van der Waals surface area contributed by atoms with Gasteiger partial charge in [-0.2, -0.15) is 0 Å². The summed E-state index contributed by atoms with van der Waals surface area (Å²) in [7, 11) is 5.55. The monoisotopic (exact) mass is 269 g/mol. The maximum atomic E-state index is 10.1. The molecule has 0 aromatic carbocycles. The number of carboxylic acids is 1. The van der Waals surface area contributed by atoms with Crippen LogP contribution in [0.15, 0.2) is 0 Å². The maximum absolute atomic E-state index is 10.1. The third kappa shape index (κ3) is 23.4. The van der Waals surface area contributed by atoms with Crippen molar-refractivity contribution < 1.29 is 19.8 Å². The summed E-state index contributed by atoms with van der Waals surface area (Å²) in [6.07, 6.45) is 2.25. The summed E-state index contributed by atoms with van der Waals surface area (Å²) in [6, 6.07) is 0. The van der Waals surface area contributed by atoms with Gasteiger partial charge in [-0.15, -0.1) is 0 Å². The van der Waals surface area contributed by atoms with Gasteiger partial charge in [-0.3, -0.25) is 9.59 Å². The fraction of sp³-hybridized carbons (Fsp3) is 0.778. The Bertz CT molecular complexity index is 170. The number of hydrogen-bond acceptors (Lipinski definition) is 5. The topological polar surface area (TPSA) is 86.6 Å². The molecular formula is C9H19NO4S2. The van der Waals surface area contributed by atoms with Gasteiger partial charge in [-0.1, -0.05) is 21.6 Å². The quantitative estimate of drug-likeness (QED) is 0.332. The van der Waals surface area contributed by atoms with Crippen molar-refractivity contribution in [2.45, 2.75) is 19.3 Å². The van der Waals surface area contributed by atoms with Crippen LogP contribution in [0.2, 0.25) is 0 Å². The van der Waals surface area contributed by atoms with Gasteiger partial charge in [0, 0.05) is 17.9 Å². The normalized spacial score (nSPS) is 9.06. The van der Waals surface area contributed by atoms with E-state index in [2.05, 4.69) is 5.32 Å². The smallest absolute Gasteiger partial charge is 0.303 e. The van der Waals surface area contributed by atoms with Crippen molar-refractivity contribution in [3.05, 3.63) is 0 Å². The van der Waals surface area contributed by atoms with E-state index in [0.29, 0.717) is 6.42 Å². The van der Waals surface area contributed by atoms with E-state index >= 15 is 0 Å². The van der Waals surface area contributed by atoms with Crippen molar-refractivity contribution >= 4 is 34.0 Å². The summed E-state index contributed by atoms with van der Waals surface area (Å²) < 4.78 is 0. The van der Waals surface area contributed by atoms with Crippen LogP contribution in [0.25, 0.3) is 0 Å². The third-order valence-corrected chi connectivity index (χ3v) is 3.93. The molecule has 0 bridgehead atoms. The Hall–Kier alpha value is -0.400. The van der Waals surface area contributed by atoms with Crippen LogP contribution in [-0.4, -0.2) is 47.8 Å². The van der Waals surface area contributed by atoms with Crippen molar-refractivity contribution in [1.29, 1.82) is 0 Å². The zero-order chi connectivity index (χ0) is 12.6. The molecule has 0 amide bonds. The molecular weight excluding hydrogens is 250 g/mol. The van der Waals surface area contributed by atoms with Gasteiger partial charge >= 0.3 is 5.97 Å². The first-order valence-corrected chi connectivity index (χ1v) is 7.36. The minimum Gasteiger partial charge on any atom is -0.483 e. The third-order valence-electron chi connectivity index (χ3n) is 1.36. The van der Waals surface area contributed by atoms with Crippen LogP contribution in [0.5, 0.6) is 0 Å². The largest absolute Gasteiger partial charge is 0.483 e. The molecule has 0 aliphatic heterocycles. The van der Waals surface area contributed by atoms with Crippen LogP contribution in [0.1, 0.15) is 19.3 Å². The molecule has 0 fully saturated rings. The number of aliphatic carboxylic acids is 1. The van der Waals surface area contributed by atoms with E-state index in [0.717, 1.165) is 24.5 Å². The highest BCUT2D eigenvalue weighted by Gasteiger charge is 1.96. The van der Waals surface area contributed by atoms with Crippen LogP contribution in [0.3, 0.4) is 0 Å². The fourth-order valence-corrected chi connectivity index (χ4v) is 2.88. The first-order chi connectivity index (χ1) is 7.68. The van der Waals surface area contributed by atoms with Crippen molar-refractivity contribution in [3.8, 4) is 0 Å². The molecule has 0 aromatic rings. The van der Waals surface area contributed by atoms with Crippen LogP contribution in [-0.2, 0) is 9.59 Å². The average Bonchev–Trinajstić information content (AvgIpc) is 2.23. The van der Waals surface area contributed by atoms with Crippen molar-refractivity contribution in [2.24, 2.45) is 0 Å². The zero-order valence-corrected chi connectivity index (χ0v) is 11.0. The van der Waals surface area contributed by atoms with Gasteiger partial charge in [0.1, 0.15) is 0 Å². The maximum Gasteiger partial charge on any atom is 0.303 e. The number of rotatable bonds is 9. The predicted molar refractivity (Wildman–Crippen MR) is 69.0 cm³/mol. The molecule has 7 heteroatoms. The molecule has 16 heavy (non-hydrogen) atoms. The lowest BCUT2D eigenvalue weighted by molar-refractivity contribution is -0.137. The molecule has 0 aliphatic rings. The highest BCUT2D eigenvalue weighted by atomic mass is 33.1. The summed E-state index contributed by atoms with van der Waals surface area (Å²) in [5, 5.41) is 18.3. The molecule has 0 aromatic heterocycles. The van der Waals surface area contributed by atoms with Crippen LogP contribution in [0.4, 0.5) is 0 Å².